The zero-order valence-corrected chi connectivity index (χ0v) is 15.0. The van der Waals surface area contributed by atoms with E-state index in [4.69, 9.17) is 4.74 Å². The number of rotatable bonds is 6. The number of hydrogen-bond acceptors (Lipinski definition) is 3. The molecule has 0 aromatic heterocycles. The van der Waals surface area contributed by atoms with Crippen molar-refractivity contribution in [1.29, 1.82) is 0 Å². The van der Waals surface area contributed by atoms with Crippen LogP contribution in [0.15, 0.2) is 54.6 Å². The zero-order chi connectivity index (χ0) is 18.4. The second-order valence-electron chi connectivity index (χ2n) is 6.37. The van der Waals surface area contributed by atoms with E-state index >= 15 is 0 Å². The standard InChI is InChI=1S/C21H24N2O3/c1-2-8-17(16-9-4-3-5-10-16)22-20(24)15-23-18-11-6-7-12-19(18)26-14-13-21(23)25/h3-7,9-12,17H,2,8,13-15H2,1H3,(H,22,24). The zero-order valence-electron chi connectivity index (χ0n) is 15.0. The highest BCUT2D eigenvalue weighted by atomic mass is 16.5. The first kappa shape index (κ1) is 18.0. The van der Waals surface area contributed by atoms with Gasteiger partial charge in [0.15, 0.2) is 0 Å². The molecule has 0 spiro atoms. The summed E-state index contributed by atoms with van der Waals surface area (Å²) in [4.78, 5) is 26.7. The Labute approximate surface area is 154 Å². The molecule has 5 heteroatoms. The molecular formula is C21H24N2O3. The van der Waals surface area contributed by atoms with Crippen LogP contribution in [0.25, 0.3) is 0 Å². The van der Waals surface area contributed by atoms with Gasteiger partial charge in [-0.3, -0.25) is 14.5 Å². The fourth-order valence-corrected chi connectivity index (χ4v) is 3.17. The highest BCUT2D eigenvalue weighted by Gasteiger charge is 2.26. The highest BCUT2D eigenvalue weighted by Crippen LogP contribution is 2.30. The molecule has 1 atom stereocenters. The number of amides is 2. The van der Waals surface area contributed by atoms with E-state index in [0.717, 1.165) is 18.4 Å². The largest absolute Gasteiger partial charge is 0.491 e. The normalized spacial score (nSPS) is 14.8. The maximum atomic E-state index is 12.7. The number of carbonyl (C=O) groups excluding carboxylic acids is 2. The van der Waals surface area contributed by atoms with Gasteiger partial charge in [0, 0.05) is 0 Å². The molecule has 2 aromatic carbocycles. The van der Waals surface area contributed by atoms with Crippen molar-refractivity contribution in [2.75, 3.05) is 18.1 Å². The van der Waals surface area contributed by atoms with Crippen LogP contribution in [0.1, 0.15) is 37.8 Å². The van der Waals surface area contributed by atoms with E-state index in [0.29, 0.717) is 18.0 Å². The van der Waals surface area contributed by atoms with Crippen LogP contribution < -0.4 is 15.0 Å². The summed E-state index contributed by atoms with van der Waals surface area (Å²) in [6.45, 7) is 2.41. The molecule has 0 bridgehead atoms. The molecule has 136 valence electrons. The predicted molar refractivity (Wildman–Crippen MR) is 101 cm³/mol. The molecule has 1 aliphatic rings. The Hall–Kier alpha value is -2.82. The third-order valence-electron chi connectivity index (χ3n) is 4.45. The Morgan fingerprint density at radius 1 is 1.15 bits per heavy atom. The van der Waals surface area contributed by atoms with Crippen LogP contribution in [-0.2, 0) is 9.59 Å². The van der Waals surface area contributed by atoms with Crippen molar-refractivity contribution >= 4 is 17.5 Å². The van der Waals surface area contributed by atoms with Crippen molar-refractivity contribution < 1.29 is 14.3 Å². The first-order chi connectivity index (χ1) is 12.7. The Morgan fingerprint density at radius 2 is 1.88 bits per heavy atom. The predicted octanol–water partition coefficient (Wildman–Crippen LogP) is 3.46. The van der Waals surface area contributed by atoms with Gasteiger partial charge < -0.3 is 10.1 Å². The Kier molecular flexibility index (Phi) is 5.89. The summed E-state index contributed by atoms with van der Waals surface area (Å²) in [6, 6.07) is 17.2. The van der Waals surface area contributed by atoms with Crippen LogP contribution in [0.3, 0.4) is 0 Å². The van der Waals surface area contributed by atoms with Crippen molar-refractivity contribution in [2.45, 2.75) is 32.2 Å². The van der Waals surface area contributed by atoms with E-state index in [1.807, 2.05) is 54.6 Å². The average Bonchev–Trinajstić information content (AvgIpc) is 2.81. The van der Waals surface area contributed by atoms with E-state index in [1.165, 1.54) is 4.90 Å². The van der Waals surface area contributed by atoms with Crippen molar-refractivity contribution in [2.24, 2.45) is 0 Å². The Morgan fingerprint density at radius 3 is 2.65 bits per heavy atom. The van der Waals surface area contributed by atoms with Crippen molar-refractivity contribution in [1.82, 2.24) is 5.32 Å². The molecule has 26 heavy (non-hydrogen) atoms. The minimum absolute atomic E-state index is 0.00768. The van der Waals surface area contributed by atoms with Gasteiger partial charge >= 0.3 is 0 Å². The average molecular weight is 352 g/mol. The molecule has 0 saturated carbocycles. The molecule has 0 radical (unpaired) electrons. The number of benzene rings is 2. The molecule has 2 aromatic rings. The fraction of sp³-hybridized carbons (Fsp3) is 0.333. The van der Waals surface area contributed by atoms with Crippen LogP contribution in [-0.4, -0.2) is 25.0 Å². The lowest BCUT2D eigenvalue weighted by molar-refractivity contribution is -0.124. The number of para-hydroxylation sites is 2. The van der Waals surface area contributed by atoms with E-state index in [-0.39, 0.29) is 30.8 Å². The molecule has 0 aliphatic carbocycles. The number of hydrogen-bond donors (Lipinski definition) is 1. The third-order valence-corrected chi connectivity index (χ3v) is 4.45. The number of ether oxygens (including phenoxy) is 1. The van der Waals surface area contributed by atoms with Crippen LogP contribution in [0, 0.1) is 0 Å². The molecule has 1 heterocycles. The molecule has 1 N–H and O–H groups in total. The summed E-state index contributed by atoms with van der Waals surface area (Å²) in [7, 11) is 0. The van der Waals surface area contributed by atoms with Gasteiger partial charge in [-0.25, -0.2) is 0 Å². The monoisotopic (exact) mass is 352 g/mol. The minimum Gasteiger partial charge on any atom is -0.491 e. The lowest BCUT2D eigenvalue weighted by atomic mass is 10.0. The second-order valence-corrected chi connectivity index (χ2v) is 6.37. The van der Waals surface area contributed by atoms with Crippen LogP contribution in [0.2, 0.25) is 0 Å². The maximum Gasteiger partial charge on any atom is 0.240 e. The second kappa shape index (κ2) is 8.52. The highest BCUT2D eigenvalue weighted by molar-refractivity contribution is 6.00. The van der Waals surface area contributed by atoms with Gasteiger partial charge in [0.1, 0.15) is 12.3 Å². The number of nitrogens with zero attached hydrogens (tertiary/aromatic N) is 1. The van der Waals surface area contributed by atoms with E-state index < -0.39 is 0 Å². The van der Waals surface area contributed by atoms with Gasteiger partial charge in [-0.1, -0.05) is 55.8 Å². The first-order valence-electron chi connectivity index (χ1n) is 9.05. The number of fused-ring (bicyclic) bond motifs is 1. The summed E-state index contributed by atoms with van der Waals surface area (Å²) in [5.74, 6) is 0.369. The Balaban J connectivity index is 1.75. The quantitative estimate of drug-likeness (QED) is 0.866. The van der Waals surface area contributed by atoms with Gasteiger partial charge in [0.05, 0.1) is 24.8 Å². The molecule has 1 unspecified atom stereocenters. The van der Waals surface area contributed by atoms with Gasteiger partial charge in [0.25, 0.3) is 0 Å². The van der Waals surface area contributed by atoms with Crippen LogP contribution in [0.5, 0.6) is 5.75 Å². The topological polar surface area (TPSA) is 58.6 Å². The summed E-state index contributed by atoms with van der Waals surface area (Å²) < 4.78 is 5.63. The van der Waals surface area contributed by atoms with Gasteiger partial charge in [-0.2, -0.15) is 0 Å². The smallest absolute Gasteiger partial charge is 0.240 e. The van der Waals surface area contributed by atoms with Crippen LogP contribution in [0.4, 0.5) is 5.69 Å². The van der Waals surface area contributed by atoms with Crippen LogP contribution >= 0.6 is 0 Å². The minimum atomic E-state index is -0.169. The lowest BCUT2D eigenvalue weighted by Crippen LogP contribution is -2.41. The molecule has 2 amide bonds. The summed E-state index contributed by atoms with van der Waals surface area (Å²) in [6.07, 6.45) is 2.07. The van der Waals surface area contributed by atoms with E-state index in [2.05, 4.69) is 12.2 Å². The number of carbonyl (C=O) groups is 2. The Bertz CT molecular complexity index is 761. The van der Waals surface area contributed by atoms with Gasteiger partial charge in [-0.15, -0.1) is 0 Å². The first-order valence-corrected chi connectivity index (χ1v) is 9.05. The van der Waals surface area contributed by atoms with Crippen molar-refractivity contribution in [3.05, 3.63) is 60.2 Å². The van der Waals surface area contributed by atoms with E-state index in [1.54, 1.807) is 0 Å². The maximum absolute atomic E-state index is 12.7. The molecule has 5 nitrogen and oxygen atoms in total. The SMILES string of the molecule is CCCC(NC(=O)CN1C(=O)CCOc2ccccc21)c1ccccc1. The summed E-state index contributed by atoms with van der Waals surface area (Å²) >= 11 is 0. The van der Waals surface area contributed by atoms with Crippen molar-refractivity contribution in [3.8, 4) is 5.75 Å². The molecule has 0 saturated heterocycles. The lowest BCUT2D eigenvalue weighted by Gasteiger charge is -2.24. The summed E-state index contributed by atoms with van der Waals surface area (Å²) in [5, 5.41) is 3.08. The molecular weight excluding hydrogens is 328 g/mol. The third kappa shape index (κ3) is 4.23. The number of anilines is 1. The molecule has 0 fully saturated rings. The molecule has 3 rings (SSSR count). The van der Waals surface area contributed by atoms with Crippen molar-refractivity contribution in [3.63, 3.8) is 0 Å². The van der Waals surface area contributed by atoms with Gasteiger partial charge in [0.2, 0.25) is 11.8 Å². The molecule has 1 aliphatic heterocycles. The van der Waals surface area contributed by atoms with E-state index in [9.17, 15) is 9.59 Å². The summed E-state index contributed by atoms with van der Waals surface area (Å²) in [5.41, 5.74) is 1.73. The fourth-order valence-electron chi connectivity index (χ4n) is 3.17. The number of nitrogens with one attached hydrogen (secondary N) is 1. The van der Waals surface area contributed by atoms with Gasteiger partial charge in [-0.05, 0) is 24.1 Å².